The molecule has 0 saturated heterocycles. The number of benzene rings is 1. The van der Waals surface area contributed by atoms with Crippen LogP contribution in [-0.2, 0) is 9.53 Å². The molecule has 0 unspecified atom stereocenters. The number of phenols is 1. The number of methoxy groups -OCH3 is 1. The molecule has 8 heteroatoms. The highest BCUT2D eigenvalue weighted by Crippen LogP contribution is 2.38. The Hall–Kier alpha value is -2.64. The van der Waals surface area contributed by atoms with E-state index in [1.807, 2.05) is 0 Å². The molecule has 1 aromatic carbocycles. The molecule has 0 aromatic heterocycles. The van der Waals surface area contributed by atoms with Gasteiger partial charge in [0, 0.05) is 12.1 Å². The van der Waals surface area contributed by atoms with Crippen LogP contribution in [0, 0.1) is 0 Å². The van der Waals surface area contributed by atoms with Crippen LogP contribution in [0.4, 0.5) is 10.5 Å². The second-order valence-electron chi connectivity index (χ2n) is 5.33. The van der Waals surface area contributed by atoms with E-state index in [1.165, 1.54) is 19.2 Å². The van der Waals surface area contributed by atoms with Gasteiger partial charge in [-0.25, -0.2) is 9.59 Å². The molecule has 22 heavy (non-hydrogen) atoms. The van der Waals surface area contributed by atoms with Gasteiger partial charge >= 0.3 is 12.1 Å². The summed E-state index contributed by atoms with van der Waals surface area (Å²) in [5.41, 5.74) is -0.727. The number of carboxylic acids is 1. The number of hydrogen-bond donors (Lipinski definition) is 3. The molecule has 0 saturated carbocycles. The summed E-state index contributed by atoms with van der Waals surface area (Å²) in [6.07, 6.45) is -0.778. The zero-order chi connectivity index (χ0) is 16.9. The molecule has 0 atom stereocenters. The third-order valence-electron chi connectivity index (χ3n) is 2.27. The first kappa shape index (κ1) is 17.4. The van der Waals surface area contributed by atoms with Gasteiger partial charge in [0.2, 0.25) is 0 Å². The summed E-state index contributed by atoms with van der Waals surface area (Å²) in [6, 6.07) is 2.57. The van der Waals surface area contributed by atoms with Gasteiger partial charge in [0.1, 0.15) is 11.4 Å². The zero-order valence-electron chi connectivity index (χ0n) is 12.8. The maximum Gasteiger partial charge on any atom is 0.412 e. The number of carboxylic acid groups (broad SMARTS) is 1. The molecule has 1 rings (SSSR count). The molecule has 0 bridgehead atoms. The van der Waals surface area contributed by atoms with E-state index in [2.05, 4.69) is 5.32 Å². The average Bonchev–Trinajstić information content (AvgIpc) is 2.37. The van der Waals surface area contributed by atoms with E-state index in [-0.39, 0.29) is 22.9 Å². The maximum atomic E-state index is 11.7. The van der Waals surface area contributed by atoms with E-state index in [4.69, 9.17) is 19.3 Å². The van der Waals surface area contributed by atoms with Crippen molar-refractivity contribution in [2.24, 2.45) is 0 Å². The van der Waals surface area contributed by atoms with Crippen molar-refractivity contribution in [3.05, 3.63) is 12.1 Å². The number of ether oxygens (including phenoxy) is 3. The van der Waals surface area contributed by atoms with Crippen molar-refractivity contribution in [1.29, 1.82) is 0 Å². The van der Waals surface area contributed by atoms with Crippen LogP contribution in [0.5, 0.6) is 17.2 Å². The highest BCUT2D eigenvalue weighted by atomic mass is 16.6. The largest absolute Gasteiger partial charge is 0.503 e. The van der Waals surface area contributed by atoms with Crippen LogP contribution in [0.1, 0.15) is 20.8 Å². The van der Waals surface area contributed by atoms with Gasteiger partial charge in [-0.3, -0.25) is 5.32 Å². The van der Waals surface area contributed by atoms with E-state index in [0.717, 1.165) is 0 Å². The van der Waals surface area contributed by atoms with Gasteiger partial charge in [0.15, 0.2) is 18.1 Å². The molecule has 0 aliphatic heterocycles. The fourth-order valence-electron chi connectivity index (χ4n) is 1.48. The Labute approximate surface area is 127 Å². The molecular formula is C14H19NO7. The third kappa shape index (κ3) is 5.39. The Bertz CT molecular complexity index is 563. The standard InChI is InChI=1S/C14H19NO7/c1-14(2,3)22-13(19)15-9-5-8(21-7-11(16)17)6-10(20-4)12(9)18/h5-6,18H,7H2,1-4H3,(H,15,19)(H,16,17). The lowest BCUT2D eigenvalue weighted by molar-refractivity contribution is -0.139. The quantitative estimate of drug-likeness (QED) is 0.714. The Morgan fingerprint density at radius 3 is 2.41 bits per heavy atom. The average molecular weight is 313 g/mol. The van der Waals surface area contributed by atoms with Gasteiger partial charge in [-0.15, -0.1) is 0 Å². The third-order valence-corrected chi connectivity index (χ3v) is 2.27. The number of nitrogens with one attached hydrogen (secondary N) is 1. The van der Waals surface area contributed by atoms with Gasteiger partial charge in [0.25, 0.3) is 0 Å². The molecule has 8 nitrogen and oxygen atoms in total. The summed E-state index contributed by atoms with van der Waals surface area (Å²) in [4.78, 5) is 22.3. The molecule has 1 aromatic rings. The summed E-state index contributed by atoms with van der Waals surface area (Å²) in [5, 5.41) is 20.9. The highest BCUT2D eigenvalue weighted by molar-refractivity contribution is 5.88. The van der Waals surface area contributed by atoms with E-state index < -0.39 is 24.3 Å². The number of carbonyl (C=O) groups excluding carboxylic acids is 1. The number of hydrogen-bond acceptors (Lipinski definition) is 6. The molecule has 0 radical (unpaired) electrons. The van der Waals surface area contributed by atoms with E-state index in [0.29, 0.717) is 0 Å². The van der Waals surface area contributed by atoms with Crippen molar-refractivity contribution in [3.63, 3.8) is 0 Å². The molecule has 122 valence electrons. The Balaban J connectivity index is 2.99. The second-order valence-corrected chi connectivity index (χ2v) is 5.33. The molecule has 3 N–H and O–H groups in total. The first-order chi connectivity index (χ1) is 10.1. The number of carbonyl (C=O) groups is 2. The molecule has 0 spiro atoms. The smallest absolute Gasteiger partial charge is 0.412 e. The maximum absolute atomic E-state index is 11.7. The lowest BCUT2D eigenvalue weighted by Crippen LogP contribution is -2.27. The van der Waals surface area contributed by atoms with Crippen molar-refractivity contribution in [3.8, 4) is 17.2 Å². The number of aliphatic carboxylic acids is 1. The summed E-state index contributed by atoms with van der Waals surface area (Å²) in [7, 11) is 1.31. The number of rotatable bonds is 5. The summed E-state index contributed by atoms with van der Waals surface area (Å²) >= 11 is 0. The van der Waals surface area contributed by atoms with Crippen molar-refractivity contribution in [1.82, 2.24) is 0 Å². The molecule has 0 aliphatic carbocycles. The summed E-state index contributed by atoms with van der Waals surface area (Å²) < 4.78 is 15.0. The van der Waals surface area contributed by atoms with Crippen LogP contribution >= 0.6 is 0 Å². The van der Waals surface area contributed by atoms with Gasteiger partial charge in [-0.1, -0.05) is 0 Å². The zero-order valence-corrected chi connectivity index (χ0v) is 12.8. The highest BCUT2D eigenvalue weighted by Gasteiger charge is 2.19. The van der Waals surface area contributed by atoms with Gasteiger partial charge in [-0.2, -0.15) is 0 Å². The molecule has 0 aliphatic rings. The lowest BCUT2D eigenvalue weighted by Gasteiger charge is -2.20. The number of aromatic hydroxyl groups is 1. The molecule has 0 heterocycles. The summed E-state index contributed by atoms with van der Waals surface area (Å²) in [5.74, 6) is -1.35. The minimum absolute atomic E-state index is 0.0195. The fraction of sp³-hybridized carbons (Fsp3) is 0.429. The summed E-state index contributed by atoms with van der Waals surface area (Å²) in [6.45, 7) is 4.51. The fourth-order valence-corrected chi connectivity index (χ4v) is 1.48. The lowest BCUT2D eigenvalue weighted by atomic mass is 10.2. The topological polar surface area (TPSA) is 114 Å². The van der Waals surface area contributed by atoms with Crippen molar-refractivity contribution >= 4 is 17.7 Å². The normalized spacial score (nSPS) is 10.7. The monoisotopic (exact) mass is 313 g/mol. The first-order valence-corrected chi connectivity index (χ1v) is 6.38. The molecule has 0 fully saturated rings. The van der Waals surface area contributed by atoms with E-state index >= 15 is 0 Å². The predicted molar refractivity (Wildman–Crippen MR) is 77.6 cm³/mol. The van der Waals surface area contributed by atoms with Gasteiger partial charge < -0.3 is 24.4 Å². The Morgan fingerprint density at radius 2 is 1.91 bits per heavy atom. The van der Waals surface area contributed by atoms with Crippen LogP contribution in [0.3, 0.4) is 0 Å². The van der Waals surface area contributed by atoms with Crippen LogP contribution in [0.25, 0.3) is 0 Å². The first-order valence-electron chi connectivity index (χ1n) is 6.38. The van der Waals surface area contributed by atoms with E-state index in [1.54, 1.807) is 20.8 Å². The Morgan fingerprint density at radius 1 is 1.27 bits per heavy atom. The number of anilines is 1. The van der Waals surface area contributed by atoms with Crippen LogP contribution in [0.15, 0.2) is 12.1 Å². The molecule has 1 amide bonds. The Kier molecular flexibility index (Phi) is 5.44. The number of amides is 1. The SMILES string of the molecule is COc1cc(OCC(=O)O)cc(NC(=O)OC(C)(C)C)c1O. The van der Waals surface area contributed by atoms with Crippen molar-refractivity contribution in [2.75, 3.05) is 19.0 Å². The van der Waals surface area contributed by atoms with E-state index in [9.17, 15) is 14.7 Å². The van der Waals surface area contributed by atoms with Crippen LogP contribution in [-0.4, -0.2) is 41.6 Å². The minimum atomic E-state index is -1.16. The van der Waals surface area contributed by atoms with Crippen LogP contribution in [0.2, 0.25) is 0 Å². The van der Waals surface area contributed by atoms with Gasteiger partial charge in [-0.05, 0) is 20.8 Å². The molecular weight excluding hydrogens is 294 g/mol. The van der Waals surface area contributed by atoms with Gasteiger partial charge in [0.05, 0.1) is 12.8 Å². The second kappa shape index (κ2) is 6.88. The van der Waals surface area contributed by atoms with Crippen LogP contribution < -0.4 is 14.8 Å². The number of phenolic OH excluding ortho intramolecular Hbond substituents is 1. The van der Waals surface area contributed by atoms with Crippen molar-refractivity contribution < 1.29 is 34.0 Å². The predicted octanol–water partition coefficient (Wildman–Crippen LogP) is 2.21. The minimum Gasteiger partial charge on any atom is -0.503 e. The van der Waals surface area contributed by atoms with Crippen molar-refractivity contribution in [2.45, 2.75) is 26.4 Å².